The summed E-state index contributed by atoms with van der Waals surface area (Å²) in [5.74, 6) is 2.17. The smallest absolute Gasteiger partial charge is 0.140 e. The fourth-order valence-electron chi connectivity index (χ4n) is 5.74. The van der Waals surface area contributed by atoms with Crippen LogP contribution in [0.5, 0.6) is 0 Å². The number of hydrogen-bond acceptors (Lipinski definition) is 2. The molecule has 3 saturated carbocycles. The molecule has 2 heterocycles. The van der Waals surface area contributed by atoms with Crippen LogP contribution >= 0.6 is 11.8 Å². The van der Waals surface area contributed by atoms with E-state index in [0.717, 1.165) is 17.6 Å². The van der Waals surface area contributed by atoms with Gasteiger partial charge >= 0.3 is 0 Å². The Morgan fingerprint density at radius 3 is 2.28 bits per heavy atom. The monoisotopic (exact) mass is 264 g/mol. The van der Waals surface area contributed by atoms with Crippen molar-refractivity contribution < 1.29 is 4.79 Å². The molecule has 0 radical (unpaired) electrons. The van der Waals surface area contributed by atoms with Gasteiger partial charge in [-0.2, -0.15) is 11.8 Å². The highest BCUT2D eigenvalue weighted by atomic mass is 32.2. The van der Waals surface area contributed by atoms with Crippen LogP contribution in [-0.2, 0) is 4.79 Å². The van der Waals surface area contributed by atoms with Gasteiger partial charge in [-0.05, 0) is 55.8 Å². The second kappa shape index (κ2) is 3.56. The standard InChI is InChI=1S/C16H24OS/c1-15(2)11-7-8-16(15,13(17)9-11)14-10-3-5-12(18-14)6-4-10/h10-12,14H,3-9H2,1-2H3. The summed E-state index contributed by atoms with van der Waals surface area (Å²) in [6, 6.07) is 0. The summed E-state index contributed by atoms with van der Waals surface area (Å²) in [6.07, 6.45) is 9.04. The van der Waals surface area contributed by atoms with Gasteiger partial charge in [0.25, 0.3) is 0 Å². The number of Topliss-reactive ketones (excluding diaryl/α,β-unsaturated/α-hetero) is 1. The highest BCUT2D eigenvalue weighted by molar-refractivity contribution is 8.00. The maximum Gasteiger partial charge on any atom is 0.140 e. The van der Waals surface area contributed by atoms with Gasteiger partial charge in [-0.3, -0.25) is 4.79 Å². The molecule has 5 aliphatic rings. The average molecular weight is 264 g/mol. The first-order valence-electron chi connectivity index (χ1n) is 7.74. The molecule has 0 aromatic heterocycles. The number of rotatable bonds is 1. The molecule has 0 amide bonds. The minimum absolute atomic E-state index is 0.0616. The number of thioether (sulfide) groups is 1. The Balaban J connectivity index is 1.76. The third-order valence-electron chi connectivity index (χ3n) is 6.96. The Bertz CT molecular complexity index is 394. The fraction of sp³-hybridized carbons (Fsp3) is 0.938. The maximum atomic E-state index is 12.7. The van der Waals surface area contributed by atoms with Crippen LogP contribution in [0.15, 0.2) is 0 Å². The normalized spacial score (nSPS) is 53.1. The molecule has 3 atom stereocenters. The van der Waals surface area contributed by atoms with E-state index in [1.807, 2.05) is 0 Å². The lowest BCUT2D eigenvalue weighted by Crippen LogP contribution is -2.52. The molecule has 0 N–H and O–H groups in total. The second-order valence-corrected chi connectivity index (χ2v) is 9.10. The first-order chi connectivity index (χ1) is 8.55. The molecule has 100 valence electrons. The Morgan fingerprint density at radius 2 is 1.83 bits per heavy atom. The van der Waals surface area contributed by atoms with Gasteiger partial charge in [0.15, 0.2) is 0 Å². The van der Waals surface area contributed by atoms with Crippen LogP contribution in [0, 0.1) is 22.7 Å². The van der Waals surface area contributed by atoms with E-state index in [0.29, 0.717) is 17.0 Å². The number of carbonyl (C=O) groups is 1. The molecule has 0 spiro atoms. The largest absolute Gasteiger partial charge is 0.299 e. The highest BCUT2D eigenvalue weighted by Crippen LogP contribution is 2.70. The summed E-state index contributed by atoms with van der Waals surface area (Å²) in [5.41, 5.74) is 0.339. The van der Waals surface area contributed by atoms with Crippen LogP contribution in [0.3, 0.4) is 0 Å². The third-order valence-corrected chi connectivity index (χ3v) is 8.90. The van der Waals surface area contributed by atoms with E-state index in [2.05, 4.69) is 25.6 Å². The van der Waals surface area contributed by atoms with Gasteiger partial charge < -0.3 is 0 Å². The van der Waals surface area contributed by atoms with Crippen molar-refractivity contribution in [3.63, 3.8) is 0 Å². The molecule has 1 nitrogen and oxygen atoms in total. The van der Waals surface area contributed by atoms with Crippen molar-refractivity contribution in [2.24, 2.45) is 22.7 Å². The summed E-state index contributed by atoms with van der Waals surface area (Å²) in [7, 11) is 0. The summed E-state index contributed by atoms with van der Waals surface area (Å²) in [6.45, 7) is 4.80. The predicted octanol–water partition coefficient (Wildman–Crippen LogP) is 4.06. The van der Waals surface area contributed by atoms with Gasteiger partial charge in [0.1, 0.15) is 5.78 Å². The summed E-state index contributed by atoms with van der Waals surface area (Å²) < 4.78 is 0. The van der Waals surface area contributed by atoms with Crippen molar-refractivity contribution in [2.75, 3.05) is 0 Å². The Hall–Kier alpha value is 0.0200. The molecule has 18 heavy (non-hydrogen) atoms. The number of hydrogen-bond donors (Lipinski definition) is 0. The van der Waals surface area contributed by atoms with Crippen LogP contribution in [0.2, 0.25) is 0 Å². The van der Waals surface area contributed by atoms with Crippen LogP contribution in [0.1, 0.15) is 58.8 Å². The van der Waals surface area contributed by atoms with E-state index in [-0.39, 0.29) is 10.8 Å². The van der Waals surface area contributed by atoms with E-state index in [1.54, 1.807) is 0 Å². The second-order valence-electron chi connectivity index (χ2n) is 7.65. The quantitative estimate of drug-likeness (QED) is 0.710. The molecule has 0 aromatic rings. The molecule has 5 fully saturated rings. The van der Waals surface area contributed by atoms with Gasteiger partial charge in [0.05, 0.1) is 0 Å². The highest BCUT2D eigenvalue weighted by Gasteiger charge is 2.68. The van der Waals surface area contributed by atoms with Crippen molar-refractivity contribution in [1.29, 1.82) is 0 Å². The molecule has 2 aliphatic heterocycles. The molecular weight excluding hydrogens is 240 g/mol. The third kappa shape index (κ3) is 1.19. The van der Waals surface area contributed by atoms with Crippen molar-refractivity contribution in [3.8, 4) is 0 Å². The Labute approximate surface area is 114 Å². The van der Waals surface area contributed by atoms with Crippen LogP contribution in [0.25, 0.3) is 0 Å². The SMILES string of the molecule is CC1(C)C2CCC1(C1SC3CCC1CC3)C(=O)C2. The fourth-order valence-corrected chi connectivity index (χ4v) is 7.98. The molecule has 0 aromatic carbocycles. The van der Waals surface area contributed by atoms with Crippen LogP contribution < -0.4 is 0 Å². The van der Waals surface area contributed by atoms with Gasteiger partial charge in [-0.25, -0.2) is 0 Å². The lowest BCUT2D eigenvalue weighted by atomic mass is 9.62. The van der Waals surface area contributed by atoms with E-state index in [1.165, 1.54) is 38.5 Å². The zero-order valence-corrected chi connectivity index (χ0v) is 12.4. The lowest BCUT2D eigenvalue weighted by molar-refractivity contribution is -0.130. The van der Waals surface area contributed by atoms with Crippen LogP contribution in [-0.4, -0.2) is 16.3 Å². The van der Waals surface area contributed by atoms with Crippen molar-refractivity contribution >= 4 is 17.5 Å². The van der Waals surface area contributed by atoms with Gasteiger partial charge in [0.2, 0.25) is 0 Å². The predicted molar refractivity (Wildman–Crippen MR) is 75.7 cm³/mol. The first-order valence-corrected chi connectivity index (χ1v) is 8.69. The average Bonchev–Trinajstić information content (AvgIpc) is 2.74. The molecule has 2 saturated heterocycles. The van der Waals surface area contributed by atoms with E-state index in [9.17, 15) is 4.79 Å². The molecule has 3 aliphatic carbocycles. The maximum absolute atomic E-state index is 12.7. The zero-order chi connectivity index (χ0) is 12.5. The van der Waals surface area contributed by atoms with Crippen molar-refractivity contribution in [1.82, 2.24) is 0 Å². The van der Waals surface area contributed by atoms with E-state index >= 15 is 0 Å². The number of carbonyl (C=O) groups excluding carboxylic acids is 1. The first kappa shape index (κ1) is 11.8. The van der Waals surface area contributed by atoms with Gasteiger partial charge in [-0.15, -0.1) is 0 Å². The van der Waals surface area contributed by atoms with E-state index in [4.69, 9.17) is 0 Å². The zero-order valence-electron chi connectivity index (χ0n) is 11.6. The molecule has 2 heteroatoms. The molecule has 3 unspecified atom stereocenters. The van der Waals surface area contributed by atoms with Crippen LogP contribution in [0.4, 0.5) is 0 Å². The minimum atomic E-state index is 0.0616. The van der Waals surface area contributed by atoms with Gasteiger partial charge in [-0.1, -0.05) is 13.8 Å². The molecule has 4 bridgehead atoms. The summed E-state index contributed by atoms with van der Waals surface area (Å²) in [5, 5.41) is 1.54. The van der Waals surface area contributed by atoms with Crippen molar-refractivity contribution in [2.45, 2.75) is 69.3 Å². The molecule has 5 rings (SSSR count). The van der Waals surface area contributed by atoms with E-state index < -0.39 is 0 Å². The summed E-state index contributed by atoms with van der Waals surface area (Å²) >= 11 is 2.21. The topological polar surface area (TPSA) is 17.1 Å². The number of fused-ring (bicyclic) bond motifs is 6. The lowest BCUT2D eigenvalue weighted by Gasteiger charge is -2.52. The summed E-state index contributed by atoms with van der Waals surface area (Å²) in [4.78, 5) is 12.7. The molecular formula is C16H24OS. The van der Waals surface area contributed by atoms with Crippen molar-refractivity contribution in [3.05, 3.63) is 0 Å². The Morgan fingerprint density at radius 1 is 1.11 bits per heavy atom. The van der Waals surface area contributed by atoms with Gasteiger partial charge in [0, 0.05) is 22.3 Å². The Kier molecular flexibility index (Phi) is 2.34. The number of ketones is 1. The minimum Gasteiger partial charge on any atom is -0.299 e.